The Hall–Kier alpha value is -1.30. The number of Topliss-reactive ketones (excluding diaryl/α,β-unsaturated/α-hetero) is 1. The van der Waals surface area contributed by atoms with Crippen molar-refractivity contribution in [3.63, 3.8) is 0 Å². The smallest absolute Gasteiger partial charge is 0.190 e. The SMILES string of the molecule is C[C@@H]1C[C@H]2[C@@H]3C=CC4=CC(=O)CC[C@]4(C)[C@@]34O[C@H]4C[C@]2(C)[C@@]1(O)C(=O)CO. The summed E-state index contributed by atoms with van der Waals surface area (Å²) in [6.07, 6.45) is 8.67. The molecule has 0 unspecified atom stereocenters. The van der Waals surface area contributed by atoms with Crippen LogP contribution in [0.3, 0.4) is 0 Å². The Kier molecular flexibility index (Phi) is 3.29. The molecule has 146 valence electrons. The van der Waals surface area contributed by atoms with Crippen LogP contribution in [-0.4, -0.2) is 45.7 Å². The summed E-state index contributed by atoms with van der Waals surface area (Å²) in [4.78, 5) is 24.6. The van der Waals surface area contributed by atoms with Crippen LogP contribution >= 0.6 is 0 Å². The van der Waals surface area contributed by atoms with Crippen molar-refractivity contribution >= 4 is 11.6 Å². The average molecular weight is 372 g/mol. The third kappa shape index (κ3) is 1.73. The molecule has 0 bridgehead atoms. The number of carbonyl (C=O) groups is 2. The van der Waals surface area contributed by atoms with Gasteiger partial charge in [0.1, 0.15) is 17.8 Å². The van der Waals surface area contributed by atoms with E-state index in [1.54, 1.807) is 6.08 Å². The van der Waals surface area contributed by atoms with Gasteiger partial charge in [-0.2, -0.15) is 0 Å². The highest BCUT2D eigenvalue weighted by Gasteiger charge is 2.81. The van der Waals surface area contributed by atoms with Crippen molar-refractivity contribution in [2.75, 3.05) is 6.61 Å². The molecule has 1 saturated heterocycles. The standard InChI is InChI=1S/C22H28O5/c1-12-8-16-15-5-4-13-9-14(24)6-7-19(13,2)22(15)18(27-22)10-20(16,3)21(12,26)17(25)11-23/h4-5,9,12,15-16,18,23,26H,6-8,10-11H2,1-3H3/t12-,15+,16+,18+,19+,20+,21+,22-/m1/s1. The van der Waals surface area contributed by atoms with Crippen LogP contribution in [0.2, 0.25) is 0 Å². The molecule has 1 heterocycles. The molecule has 2 saturated carbocycles. The molecule has 3 fully saturated rings. The van der Waals surface area contributed by atoms with Crippen LogP contribution in [-0.2, 0) is 14.3 Å². The molecule has 0 amide bonds. The molecule has 1 aliphatic heterocycles. The van der Waals surface area contributed by atoms with Gasteiger partial charge < -0.3 is 14.9 Å². The average Bonchev–Trinajstić information content (AvgIpc) is 3.31. The molecule has 0 aromatic heterocycles. The second-order valence-electron chi connectivity index (χ2n) is 9.90. The van der Waals surface area contributed by atoms with E-state index in [0.717, 1.165) is 18.4 Å². The summed E-state index contributed by atoms with van der Waals surface area (Å²) in [5, 5.41) is 21.0. The minimum Gasteiger partial charge on any atom is -0.388 e. The molecule has 5 heteroatoms. The Morgan fingerprint density at radius 1 is 1.37 bits per heavy atom. The number of epoxide rings is 1. The van der Waals surface area contributed by atoms with E-state index in [9.17, 15) is 19.8 Å². The van der Waals surface area contributed by atoms with Crippen LogP contribution in [0.4, 0.5) is 0 Å². The molecule has 8 atom stereocenters. The highest BCUT2D eigenvalue weighted by Crippen LogP contribution is 2.75. The summed E-state index contributed by atoms with van der Waals surface area (Å²) >= 11 is 0. The van der Waals surface area contributed by atoms with Gasteiger partial charge in [0.05, 0.1) is 6.10 Å². The Morgan fingerprint density at radius 3 is 2.81 bits per heavy atom. The predicted molar refractivity (Wildman–Crippen MR) is 97.7 cm³/mol. The third-order valence-electron chi connectivity index (χ3n) is 9.05. The zero-order valence-corrected chi connectivity index (χ0v) is 16.2. The van der Waals surface area contributed by atoms with Gasteiger partial charge in [0.2, 0.25) is 0 Å². The van der Waals surface area contributed by atoms with Crippen LogP contribution < -0.4 is 0 Å². The van der Waals surface area contributed by atoms with Gasteiger partial charge in [-0.05, 0) is 42.7 Å². The van der Waals surface area contributed by atoms with Gasteiger partial charge in [0.25, 0.3) is 0 Å². The first kappa shape index (κ1) is 17.8. The third-order valence-corrected chi connectivity index (χ3v) is 9.05. The van der Waals surface area contributed by atoms with Crippen molar-refractivity contribution in [1.82, 2.24) is 0 Å². The predicted octanol–water partition coefficient (Wildman–Crippen LogP) is 1.96. The first-order chi connectivity index (χ1) is 12.6. The summed E-state index contributed by atoms with van der Waals surface area (Å²) in [5.41, 5.74) is -1.59. The quantitative estimate of drug-likeness (QED) is 0.724. The number of aliphatic hydroxyl groups excluding tert-OH is 1. The van der Waals surface area contributed by atoms with Crippen LogP contribution in [0.25, 0.3) is 0 Å². The number of aliphatic hydroxyl groups is 2. The maximum absolute atomic E-state index is 12.6. The molecule has 5 aliphatic rings. The lowest BCUT2D eigenvalue weighted by molar-refractivity contribution is -0.164. The second-order valence-corrected chi connectivity index (χ2v) is 9.90. The van der Waals surface area contributed by atoms with E-state index >= 15 is 0 Å². The Bertz CT molecular complexity index is 814. The van der Waals surface area contributed by atoms with E-state index < -0.39 is 23.4 Å². The highest BCUT2D eigenvalue weighted by atomic mass is 16.6. The molecular weight excluding hydrogens is 344 g/mol. The fourth-order valence-electron chi connectivity index (χ4n) is 7.51. The minimum atomic E-state index is -1.52. The number of rotatable bonds is 2. The topological polar surface area (TPSA) is 87.1 Å². The lowest BCUT2D eigenvalue weighted by atomic mass is 9.47. The van der Waals surface area contributed by atoms with Crippen molar-refractivity contribution in [3.8, 4) is 0 Å². The summed E-state index contributed by atoms with van der Waals surface area (Å²) in [7, 11) is 0. The minimum absolute atomic E-state index is 0.0291. The molecule has 27 heavy (non-hydrogen) atoms. The number of hydrogen-bond donors (Lipinski definition) is 2. The molecule has 4 aliphatic carbocycles. The first-order valence-electron chi connectivity index (χ1n) is 10.1. The van der Waals surface area contributed by atoms with Crippen molar-refractivity contribution in [1.29, 1.82) is 0 Å². The summed E-state index contributed by atoms with van der Waals surface area (Å²) in [6.45, 7) is 5.52. The number of hydrogen-bond acceptors (Lipinski definition) is 5. The van der Waals surface area contributed by atoms with Crippen LogP contribution in [0.1, 0.15) is 46.5 Å². The van der Waals surface area contributed by atoms with Crippen LogP contribution in [0.5, 0.6) is 0 Å². The number of ether oxygens (including phenoxy) is 1. The molecule has 2 N–H and O–H groups in total. The zero-order chi connectivity index (χ0) is 19.4. The van der Waals surface area contributed by atoms with E-state index in [0.29, 0.717) is 12.8 Å². The number of allylic oxidation sites excluding steroid dienone is 2. The van der Waals surface area contributed by atoms with E-state index in [4.69, 9.17) is 4.74 Å². The molecule has 0 aromatic carbocycles. The van der Waals surface area contributed by atoms with Gasteiger partial charge in [-0.1, -0.05) is 32.9 Å². The maximum Gasteiger partial charge on any atom is 0.190 e. The molecular formula is C22H28O5. The van der Waals surface area contributed by atoms with E-state index in [2.05, 4.69) is 19.1 Å². The number of fused-ring (bicyclic) bond motifs is 3. The molecule has 1 spiro atoms. The van der Waals surface area contributed by atoms with Crippen LogP contribution in [0, 0.1) is 28.6 Å². The summed E-state index contributed by atoms with van der Waals surface area (Å²) < 4.78 is 6.43. The van der Waals surface area contributed by atoms with Crippen molar-refractivity contribution in [3.05, 3.63) is 23.8 Å². The van der Waals surface area contributed by atoms with E-state index in [-0.39, 0.29) is 40.7 Å². The van der Waals surface area contributed by atoms with Gasteiger partial charge in [0, 0.05) is 23.2 Å². The Balaban J connectivity index is 1.63. The van der Waals surface area contributed by atoms with Gasteiger partial charge in [-0.15, -0.1) is 0 Å². The van der Waals surface area contributed by atoms with Gasteiger partial charge in [0.15, 0.2) is 11.6 Å². The van der Waals surface area contributed by atoms with Gasteiger partial charge in [-0.3, -0.25) is 9.59 Å². The fraction of sp³-hybridized carbons (Fsp3) is 0.727. The fourth-order valence-corrected chi connectivity index (χ4v) is 7.51. The van der Waals surface area contributed by atoms with Gasteiger partial charge in [-0.25, -0.2) is 0 Å². The maximum atomic E-state index is 12.6. The molecule has 0 radical (unpaired) electrons. The normalized spacial score (nSPS) is 55.1. The lowest BCUT2D eigenvalue weighted by Gasteiger charge is -2.54. The molecule has 5 rings (SSSR count). The Morgan fingerprint density at radius 2 is 2.11 bits per heavy atom. The zero-order valence-electron chi connectivity index (χ0n) is 16.2. The molecule has 0 aromatic rings. The van der Waals surface area contributed by atoms with Crippen molar-refractivity contribution in [2.45, 2.75) is 63.8 Å². The lowest BCUT2D eigenvalue weighted by Crippen LogP contribution is -2.62. The largest absolute Gasteiger partial charge is 0.388 e. The van der Waals surface area contributed by atoms with Gasteiger partial charge >= 0.3 is 0 Å². The van der Waals surface area contributed by atoms with E-state index in [1.807, 2.05) is 13.8 Å². The first-order valence-corrected chi connectivity index (χ1v) is 10.1. The summed E-state index contributed by atoms with van der Waals surface area (Å²) in [6, 6.07) is 0. The van der Waals surface area contributed by atoms with Crippen molar-refractivity contribution in [2.24, 2.45) is 28.6 Å². The summed E-state index contributed by atoms with van der Waals surface area (Å²) in [5.74, 6) is -0.272. The Labute approximate surface area is 159 Å². The number of carbonyl (C=O) groups excluding carboxylic acids is 2. The van der Waals surface area contributed by atoms with Crippen LogP contribution in [0.15, 0.2) is 23.8 Å². The second kappa shape index (κ2) is 5.00. The number of ketones is 2. The molecule has 5 nitrogen and oxygen atoms in total. The van der Waals surface area contributed by atoms with Crippen molar-refractivity contribution < 1.29 is 24.5 Å². The highest BCUT2D eigenvalue weighted by molar-refractivity contribution is 5.92. The monoisotopic (exact) mass is 372 g/mol. The van der Waals surface area contributed by atoms with E-state index in [1.165, 1.54) is 0 Å².